The van der Waals surface area contributed by atoms with Gasteiger partial charge < -0.3 is 0 Å². The average Bonchev–Trinajstić information content (AvgIpc) is 3.14. The van der Waals surface area contributed by atoms with Crippen molar-refractivity contribution >= 4 is 51.5 Å². The molecule has 5 rings (SSSR count). The number of non-ortho nitro benzene ring substituents is 1. The number of aryl methyl sites for hydroxylation is 1. The normalized spacial score (nSPS) is 20.5. The number of amidine groups is 1. The number of hydrazone groups is 1. The minimum atomic E-state index is -1.79. The van der Waals surface area contributed by atoms with Crippen LogP contribution in [-0.2, 0) is 9.59 Å². The van der Waals surface area contributed by atoms with E-state index in [1.807, 2.05) is 31.2 Å². The van der Waals surface area contributed by atoms with E-state index in [1.165, 1.54) is 29.3 Å². The van der Waals surface area contributed by atoms with Crippen molar-refractivity contribution in [1.82, 2.24) is 10.9 Å². The number of nitrogens with zero attached hydrogens (tertiary/aromatic N) is 4. The number of rotatable bonds is 4. The molecule has 0 radical (unpaired) electrons. The summed E-state index contributed by atoms with van der Waals surface area (Å²) in [5, 5.41) is 17.1. The molecule has 1 spiro atoms. The van der Waals surface area contributed by atoms with Crippen molar-refractivity contribution in [1.29, 1.82) is 0 Å². The zero-order chi connectivity index (χ0) is 24.6. The maximum Gasteiger partial charge on any atom is 0.280 e. The Morgan fingerprint density at radius 1 is 1.00 bits per heavy atom. The van der Waals surface area contributed by atoms with Gasteiger partial charge in [0.1, 0.15) is 5.71 Å². The van der Waals surface area contributed by atoms with E-state index < -0.39 is 21.5 Å². The number of hydrazine groups is 1. The van der Waals surface area contributed by atoms with Crippen LogP contribution in [0.2, 0.25) is 0 Å². The molecular formula is C24H18N6O4S. The number of thioether (sulfide) groups is 1. The van der Waals surface area contributed by atoms with E-state index in [2.05, 4.69) is 20.9 Å². The number of para-hydroxylation sites is 1. The number of nitro groups is 1. The number of hydrogen-bond acceptors (Lipinski definition) is 7. The van der Waals surface area contributed by atoms with E-state index in [1.54, 1.807) is 30.3 Å². The molecule has 2 aliphatic heterocycles. The van der Waals surface area contributed by atoms with Crippen molar-refractivity contribution in [2.75, 3.05) is 5.01 Å². The summed E-state index contributed by atoms with van der Waals surface area (Å²) in [5.41, 5.74) is 7.89. The molecule has 0 aliphatic carbocycles. The number of hydrogen-bond donors (Lipinski definition) is 2. The highest BCUT2D eigenvalue weighted by molar-refractivity contribution is 8.17. The van der Waals surface area contributed by atoms with Crippen LogP contribution in [0.5, 0.6) is 0 Å². The van der Waals surface area contributed by atoms with Crippen molar-refractivity contribution in [3.05, 3.63) is 100 Å². The van der Waals surface area contributed by atoms with Crippen LogP contribution < -0.4 is 15.9 Å². The third-order valence-electron chi connectivity index (χ3n) is 5.46. The molecule has 2 amide bonds. The first-order valence-corrected chi connectivity index (χ1v) is 11.3. The molecule has 2 N–H and O–H groups in total. The zero-order valence-electron chi connectivity index (χ0n) is 18.3. The molecule has 11 heteroatoms. The van der Waals surface area contributed by atoms with Gasteiger partial charge >= 0.3 is 0 Å². The van der Waals surface area contributed by atoms with Crippen molar-refractivity contribution in [2.45, 2.75) is 11.7 Å². The van der Waals surface area contributed by atoms with Crippen LogP contribution >= 0.6 is 11.8 Å². The summed E-state index contributed by atoms with van der Waals surface area (Å²) in [5.74, 6) is -1.19. The summed E-state index contributed by atoms with van der Waals surface area (Å²) in [6.45, 7) is 1.94. The fourth-order valence-corrected chi connectivity index (χ4v) is 4.91. The Labute approximate surface area is 203 Å². The van der Waals surface area contributed by atoms with Gasteiger partial charge in [0, 0.05) is 17.7 Å². The maximum atomic E-state index is 13.8. The van der Waals surface area contributed by atoms with Crippen molar-refractivity contribution in [3.8, 4) is 0 Å². The summed E-state index contributed by atoms with van der Waals surface area (Å²) in [6, 6.07) is 21.8. The van der Waals surface area contributed by atoms with Gasteiger partial charge in [-0.25, -0.2) is 4.99 Å². The fourth-order valence-electron chi connectivity index (χ4n) is 3.79. The number of anilines is 1. The van der Waals surface area contributed by atoms with Crippen molar-refractivity contribution in [2.24, 2.45) is 10.1 Å². The molecular weight excluding hydrogens is 468 g/mol. The second-order valence-electron chi connectivity index (χ2n) is 7.82. The first-order valence-electron chi connectivity index (χ1n) is 10.5. The van der Waals surface area contributed by atoms with E-state index >= 15 is 0 Å². The standard InChI is InChI=1S/C24H18N6O4S/c1-15-6-5-7-17(14-15)25-23-27-26-21(31)24(35-23)20(16-10-12-19(13-11-16)30(33)34)28-29(22(24)32)18-8-3-2-4-9-18/h2-14H,1H3,(H,25,27)(H,26,31). The first-order chi connectivity index (χ1) is 16.9. The highest BCUT2D eigenvalue weighted by Gasteiger charge is 2.61. The van der Waals surface area contributed by atoms with Gasteiger partial charge in [-0.2, -0.15) is 10.1 Å². The summed E-state index contributed by atoms with van der Waals surface area (Å²) in [7, 11) is 0. The molecule has 1 fully saturated rings. The number of aliphatic imine (C=N–C) groups is 1. The van der Waals surface area contributed by atoms with Crippen LogP contribution in [0.4, 0.5) is 17.1 Å². The lowest BCUT2D eigenvalue weighted by atomic mass is 9.94. The molecule has 2 aliphatic rings. The molecule has 2 heterocycles. The summed E-state index contributed by atoms with van der Waals surface area (Å²) in [4.78, 5) is 42.4. The van der Waals surface area contributed by atoms with Crippen LogP contribution in [0.15, 0.2) is 89.0 Å². The van der Waals surface area contributed by atoms with E-state index in [9.17, 15) is 19.7 Å². The lowest BCUT2D eigenvalue weighted by Gasteiger charge is -2.32. The van der Waals surface area contributed by atoms with Crippen LogP contribution in [0, 0.1) is 17.0 Å². The monoisotopic (exact) mass is 486 g/mol. The highest BCUT2D eigenvalue weighted by Crippen LogP contribution is 2.41. The number of carbonyl (C=O) groups is 2. The third-order valence-corrected chi connectivity index (χ3v) is 6.71. The Morgan fingerprint density at radius 2 is 1.74 bits per heavy atom. The quantitative estimate of drug-likeness (QED) is 0.330. The Hall–Kier alpha value is -4.51. The van der Waals surface area contributed by atoms with E-state index in [0.29, 0.717) is 22.1 Å². The molecule has 0 aromatic heterocycles. The van der Waals surface area contributed by atoms with E-state index in [0.717, 1.165) is 17.3 Å². The minimum Gasteiger partial charge on any atom is -0.276 e. The topological polar surface area (TPSA) is 129 Å². The molecule has 0 saturated carbocycles. The molecule has 3 aromatic rings. The molecule has 1 atom stereocenters. The Bertz CT molecular complexity index is 1410. The van der Waals surface area contributed by atoms with Crippen molar-refractivity contribution < 1.29 is 14.5 Å². The van der Waals surface area contributed by atoms with Gasteiger partial charge in [0.15, 0.2) is 5.17 Å². The summed E-state index contributed by atoms with van der Waals surface area (Å²) < 4.78 is -1.79. The van der Waals surface area contributed by atoms with Gasteiger partial charge in [-0.15, -0.1) is 0 Å². The Kier molecular flexibility index (Phi) is 5.53. The summed E-state index contributed by atoms with van der Waals surface area (Å²) in [6.07, 6.45) is 0. The summed E-state index contributed by atoms with van der Waals surface area (Å²) >= 11 is 0.941. The van der Waals surface area contributed by atoms with Crippen LogP contribution in [0.3, 0.4) is 0 Å². The maximum absolute atomic E-state index is 13.8. The predicted molar refractivity (Wildman–Crippen MR) is 133 cm³/mol. The minimum absolute atomic E-state index is 0.114. The molecule has 0 bridgehead atoms. The third kappa shape index (κ3) is 3.91. The van der Waals surface area contributed by atoms with Gasteiger partial charge in [-0.1, -0.05) is 42.1 Å². The SMILES string of the molecule is Cc1cccc(N=C2NNC(=O)C3(S2)C(=O)N(c2ccccc2)N=C3c2ccc([N+](=O)[O-])cc2)c1. The lowest BCUT2D eigenvalue weighted by molar-refractivity contribution is -0.384. The molecule has 3 aromatic carbocycles. The van der Waals surface area contributed by atoms with Crippen LogP contribution in [-0.4, -0.2) is 32.4 Å². The smallest absolute Gasteiger partial charge is 0.276 e. The molecule has 10 nitrogen and oxygen atoms in total. The number of nitro benzene ring substituents is 1. The second kappa shape index (κ2) is 8.69. The molecule has 35 heavy (non-hydrogen) atoms. The second-order valence-corrected chi connectivity index (χ2v) is 9.03. The number of carbonyl (C=O) groups excluding carboxylic acids is 2. The van der Waals surface area contributed by atoms with Gasteiger partial charge in [0.05, 0.1) is 16.3 Å². The number of nitrogens with one attached hydrogen (secondary N) is 2. The van der Waals surface area contributed by atoms with E-state index in [-0.39, 0.29) is 11.4 Å². The Morgan fingerprint density at radius 3 is 2.43 bits per heavy atom. The molecule has 1 saturated heterocycles. The fraction of sp³-hybridized carbons (Fsp3) is 0.0833. The largest absolute Gasteiger partial charge is 0.280 e. The highest BCUT2D eigenvalue weighted by atomic mass is 32.2. The number of amides is 2. The van der Waals surface area contributed by atoms with Gasteiger partial charge in [0.2, 0.25) is 4.75 Å². The first kappa shape index (κ1) is 22.3. The average molecular weight is 487 g/mol. The predicted octanol–water partition coefficient (Wildman–Crippen LogP) is 3.45. The van der Waals surface area contributed by atoms with Gasteiger partial charge in [-0.3, -0.25) is 30.6 Å². The molecule has 174 valence electrons. The number of benzene rings is 3. The van der Waals surface area contributed by atoms with Crippen LogP contribution in [0.25, 0.3) is 0 Å². The molecule has 1 unspecified atom stereocenters. The van der Waals surface area contributed by atoms with Crippen molar-refractivity contribution in [3.63, 3.8) is 0 Å². The Balaban J connectivity index is 1.63. The van der Waals surface area contributed by atoms with Crippen LogP contribution in [0.1, 0.15) is 11.1 Å². The van der Waals surface area contributed by atoms with Gasteiger partial charge in [0.25, 0.3) is 17.5 Å². The lowest BCUT2D eigenvalue weighted by Crippen LogP contribution is -2.64. The van der Waals surface area contributed by atoms with E-state index in [4.69, 9.17) is 0 Å². The van der Waals surface area contributed by atoms with Gasteiger partial charge in [-0.05, 0) is 48.9 Å². The zero-order valence-corrected chi connectivity index (χ0v) is 19.2.